The molecular formula is C18H15ClN4S2. The van der Waals surface area contributed by atoms with Gasteiger partial charge in [-0.05, 0) is 30.3 Å². The molecule has 7 heteroatoms. The Morgan fingerprint density at radius 2 is 1.36 bits per heavy atom. The number of benzene rings is 2. The molecule has 3 heterocycles. The molecule has 1 aliphatic heterocycles. The van der Waals surface area contributed by atoms with Crippen molar-refractivity contribution < 1.29 is 0 Å². The van der Waals surface area contributed by atoms with E-state index in [1.54, 1.807) is 22.7 Å². The highest BCUT2D eigenvalue weighted by Gasteiger charge is 2.22. The number of para-hydroxylation sites is 1. The Morgan fingerprint density at radius 3 is 2.04 bits per heavy atom. The SMILES string of the molecule is Clc1ccc2nc(N3CCN(c4nc5ccccc5s4)CC3)sc2c1. The van der Waals surface area contributed by atoms with Crippen molar-refractivity contribution in [1.29, 1.82) is 0 Å². The van der Waals surface area contributed by atoms with Gasteiger partial charge in [0.2, 0.25) is 0 Å². The van der Waals surface area contributed by atoms with Gasteiger partial charge in [0.05, 0.1) is 20.4 Å². The molecule has 0 bridgehead atoms. The smallest absolute Gasteiger partial charge is 0.186 e. The van der Waals surface area contributed by atoms with Gasteiger partial charge >= 0.3 is 0 Å². The van der Waals surface area contributed by atoms with Crippen LogP contribution in [0.1, 0.15) is 0 Å². The van der Waals surface area contributed by atoms with Gasteiger partial charge in [-0.3, -0.25) is 0 Å². The van der Waals surface area contributed by atoms with Crippen LogP contribution in [0.5, 0.6) is 0 Å². The summed E-state index contributed by atoms with van der Waals surface area (Å²) in [5, 5.41) is 2.97. The maximum atomic E-state index is 6.09. The van der Waals surface area contributed by atoms with Gasteiger partial charge in [0.1, 0.15) is 0 Å². The van der Waals surface area contributed by atoms with Crippen molar-refractivity contribution in [1.82, 2.24) is 9.97 Å². The topological polar surface area (TPSA) is 32.3 Å². The Labute approximate surface area is 158 Å². The summed E-state index contributed by atoms with van der Waals surface area (Å²) in [5.74, 6) is 0. The van der Waals surface area contributed by atoms with E-state index in [4.69, 9.17) is 21.6 Å². The van der Waals surface area contributed by atoms with Gasteiger partial charge in [-0.15, -0.1) is 0 Å². The minimum atomic E-state index is 0.767. The molecular weight excluding hydrogens is 372 g/mol. The van der Waals surface area contributed by atoms with Gasteiger partial charge in [-0.25, -0.2) is 9.97 Å². The molecule has 0 spiro atoms. The van der Waals surface area contributed by atoms with E-state index in [0.717, 1.165) is 57.2 Å². The second-order valence-electron chi connectivity index (χ2n) is 6.05. The molecule has 0 N–H and O–H groups in total. The largest absolute Gasteiger partial charge is 0.345 e. The molecule has 1 aliphatic rings. The summed E-state index contributed by atoms with van der Waals surface area (Å²) in [6, 6.07) is 14.2. The zero-order valence-corrected chi connectivity index (χ0v) is 15.7. The van der Waals surface area contributed by atoms with Gasteiger partial charge in [-0.2, -0.15) is 0 Å². The molecule has 2 aromatic carbocycles. The van der Waals surface area contributed by atoms with Crippen molar-refractivity contribution in [2.45, 2.75) is 0 Å². The predicted molar refractivity (Wildman–Crippen MR) is 109 cm³/mol. The van der Waals surface area contributed by atoms with Crippen LogP contribution in [0.3, 0.4) is 0 Å². The number of fused-ring (bicyclic) bond motifs is 2. The predicted octanol–water partition coefficient (Wildman–Crippen LogP) is 4.89. The molecule has 0 unspecified atom stereocenters. The maximum Gasteiger partial charge on any atom is 0.186 e. The van der Waals surface area contributed by atoms with Gasteiger partial charge in [-0.1, -0.05) is 46.4 Å². The van der Waals surface area contributed by atoms with Crippen LogP contribution in [-0.2, 0) is 0 Å². The van der Waals surface area contributed by atoms with Gasteiger partial charge in [0.25, 0.3) is 0 Å². The van der Waals surface area contributed by atoms with E-state index in [9.17, 15) is 0 Å². The number of aromatic nitrogens is 2. The minimum Gasteiger partial charge on any atom is -0.345 e. The molecule has 4 nitrogen and oxygen atoms in total. The molecule has 2 aromatic heterocycles. The van der Waals surface area contributed by atoms with E-state index in [-0.39, 0.29) is 0 Å². The molecule has 1 fully saturated rings. The van der Waals surface area contributed by atoms with Crippen molar-refractivity contribution >= 4 is 65.0 Å². The number of piperazine rings is 1. The summed E-state index contributed by atoms with van der Waals surface area (Å²) in [4.78, 5) is 14.3. The summed E-state index contributed by atoms with van der Waals surface area (Å²) < 4.78 is 2.40. The van der Waals surface area contributed by atoms with Gasteiger partial charge in [0.15, 0.2) is 10.3 Å². The molecule has 0 radical (unpaired) electrons. The first-order valence-corrected chi connectivity index (χ1v) is 10.2. The Morgan fingerprint density at radius 1 is 0.760 bits per heavy atom. The van der Waals surface area contributed by atoms with Crippen molar-refractivity contribution in [3.63, 3.8) is 0 Å². The molecule has 4 aromatic rings. The van der Waals surface area contributed by atoms with E-state index in [0.29, 0.717) is 0 Å². The Hall–Kier alpha value is -1.89. The lowest BCUT2D eigenvalue weighted by molar-refractivity contribution is 0.651. The van der Waals surface area contributed by atoms with Crippen LogP contribution in [0.4, 0.5) is 10.3 Å². The normalized spacial score (nSPS) is 15.4. The molecule has 0 atom stereocenters. The van der Waals surface area contributed by atoms with Gasteiger partial charge < -0.3 is 9.80 Å². The fraction of sp³-hybridized carbons (Fsp3) is 0.222. The third kappa shape index (κ3) is 2.84. The standard InChI is InChI=1S/C18H15ClN4S2/c19-12-5-6-14-16(11-12)25-18(21-14)23-9-7-22(8-10-23)17-20-13-3-1-2-4-15(13)24-17/h1-6,11H,7-10H2. The Balaban J connectivity index is 1.34. The summed E-state index contributed by atoms with van der Waals surface area (Å²) in [7, 11) is 0. The number of hydrogen-bond acceptors (Lipinski definition) is 6. The average Bonchev–Trinajstić information content (AvgIpc) is 3.25. The van der Waals surface area contributed by atoms with Crippen molar-refractivity contribution in [3.05, 3.63) is 47.5 Å². The summed E-state index contributed by atoms with van der Waals surface area (Å²) in [6.07, 6.45) is 0. The van der Waals surface area contributed by atoms with Crippen LogP contribution in [0.15, 0.2) is 42.5 Å². The zero-order chi connectivity index (χ0) is 16.8. The third-order valence-corrected chi connectivity index (χ3v) is 6.85. The fourth-order valence-electron chi connectivity index (χ4n) is 3.11. The summed E-state index contributed by atoms with van der Waals surface area (Å²) >= 11 is 9.58. The fourth-order valence-corrected chi connectivity index (χ4v) is 5.42. The number of rotatable bonds is 2. The molecule has 25 heavy (non-hydrogen) atoms. The lowest BCUT2D eigenvalue weighted by atomic mass is 10.3. The second kappa shape index (κ2) is 6.12. The van der Waals surface area contributed by atoms with E-state index in [2.05, 4.69) is 28.0 Å². The number of anilines is 2. The zero-order valence-electron chi connectivity index (χ0n) is 13.4. The first-order valence-electron chi connectivity index (χ1n) is 8.18. The molecule has 5 rings (SSSR count). The van der Waals surface area contributed by atoms with Gasteiger partial charge in [0, 0.05) is 31.2 Å². The average molecular weight is 387 g/mol. The first-order chi connectivity index (χ1) is 12.3. The number of hydrogen-bond donors (Lipinski definition) is 0. The van der Waals surface area contributed by atoms with E-state index < -0.39 is 0 Å². The van der Waals surface area contributed by atoms with Crippen molar-refractivity contribution in [2.24, 2.45) is 0 Å². The van der Waals surface area contributed by atoms with E-state index in [1.807, 2.05) is 24.3 Å². The Kier molecular flexibility index (Phi) is 3.77. The monoisotopic (exact) mass is 386 g/mol. The molecule has 0 amide bonds. The highest BCUT2D eigenvalue weighted by Crippen LogP contribution is 2.33. The van der Waals surface area contributed by atoms with E-state index >= 15 is 0 Å². The van der Waals surface area contributed by atoms with Crippen LogP contribution in [0, 0.1) is 0 Å². The van der Waals surface area contributed by atoms with E-state index in [1.165, 1.54) is 4.70 Å². The van der Waals surface area contributed by atoms with Crippen LogP contribution in [0.2, 0.25) is 5.02 Å². The second-order valence-corrected chi connectivity index (χ2v) is 8.50. The quantitative estimate of drug-likeness (QED) is 0.491. The summed E-state index contributed by atoms with van der Waals surface area (Å²) in [6.45, 7) is 3.86. The molecule has 0 aliphatic carbocycles. The molecule has 126 valence electrons. The number of thiazole rings is 2. The lowest BCUT2D eigenvalue weighted by Gasteiger charge is -2.34. The maximum absolute atomic E-state index is 6.09. The van der Waals surface area contributed by atoms with Crippen LogP contribution < -0.4 is 9.80 Å². The van der Waals surface area contributed by atoms with Crippen LogP contribution >= 0.6 is 34.3 Å². The third-order valence-electron chi connectivity index (χ3n) is 4.44. The molecule has 1 saturated heterocycles. The van der Waals surface area contributed by atoms with Crippen molar-refractivity contribution in [3.8, 4) is 0 Å². The Bertz CT molecular complexity index is 1020. The molecule has 0 saturated carbocycles. The van der Waals surface area contributed by atoms with Crippen LogP contribution in [0.25, 0.3) is 20.4 Å². The first kappa shape index (κ1) is 15.4. The number of halogens is 1. The van der Waals surface area contributed by atoms with Crippen LogP contribution in [-0.4, -0.2) is 36.1 Å². The van der Waals surface area contributed by atoms with Crippen molar-refractivity contribution in [2.75, 3.05) is 36.0 Å². The summed E-state index contributed by atoms with van der Waals surface area (Å²) in [5.41, 5.74) is 2.12. The lowest BCUT2D eigenvalue weighted by Crippen LogP contribution is -2.46. The number of nitrogens with zero attached hydrogens (tertiary/aromatic N) is 4. The minimum absolute atomic E-state index is 0.767. The highest BCUT2D eigenvalue weighted by atomic mass is 35.5. The highest BCUT2D eigenvalue weighted by molar-refractivity contribution is 7.22.